The third-order valence-corrected chi connectivity index (χ3v) is 10.6. The lowest BCUT2D eigenvalue weighted by Crippen LogP contribution is -2.54. The highest BCUT2D eigenvalue weighted by molar-refractivity contribution is 6.24. The SMILES string of the molecule is Cc1cc(F)cc(C)c1Oc1ccc(C(C)(C)O)cc1-c1cn(C)c(=O)c2cc(C(=O)NCCCCCOc3cccc4c3C(=O)N(C3CCC(=O)NC3=O)C4=O)[nH]c12. The van der Waals surface area contributed by atoms with E-state index in [9.17, 15) is 38.3 Å². The maximum atomic E-state index is 14.1. The molecule has 0 radical (unpaired) electrons. The number of benzene rings is 3. The molecule has 5 aromatic rings. The Morgan fingerprint density at radius 1 is 0.932 bits per heavy atom. The van der Waals surface area contributed by atoms with Gasteiger partial charge in [0.1, 0.15) is 34.8 Å². The Labute approximate surface area is 338 Å². The molecule has 5 amide bonds. The quantitative estimate of drug-likeness (QED) is 0.0856. The number of aliphatic hydroxyl groups is 1. The zero-order valence-corrected chi connectivity index (χ0v) is 33.3. The van der Waals surface area contributed by atoms with Crippen molar-refractivity contribution in [3.63, 3.8) is 0 Å². The summed E-state index contributed by atoms with van der Waals surface area (Å²) in [4.78, 5) is 81.3. The number of nitrogens with one attached hydrogen (secondary N) is 3. The molecular formula is C44H44FN5O9. The summed E-state index contributed by atoms with van der Waals surface area (Å²) in [5.41, 5.74) is 2.06. The number of hydrogen-bond donors (Lipinski definition) is 4. The molecule has 7 rings (SSSR count). The van der Waals surface area contributed by atoms with Gasteiger partial charge in [0, 0.05) is 37.3 Å². The van der Waals surface area contributed by atoms with Crippen molar-refractivity contribution in [3.05, 3.63) is 110 Å². The van der Waals surface area contributed by atoms with Crippen LogP contribution in [0.25, 0.3) is 22.0 Å². The molecule has 0 spiro atoms. The highest BCUT2D eigenvalue weighted by atomic mass is 19.1. The predicted molar refractivity (Wildman–Crippen MR) is 215 cm³/mol. The van der Waals surface area contributed by atoms with E-state index in [1.165, 1.54) is 28.8 Å². The van der Waals surface area contributed by atoms with Crippen LogP contribution in [-0.2, 0) is 22.2 Å². The standard InChI is InChI=1S/C44H44FN5O9/c1-23-18-26(45)19-24(2)38(23)59-33-14-12-25(44(3,4)57)20-28(33)30-22-49(5)41(54)29-21-31(47-37(29)30)39(52)46-16-7-6-8-17-58-34-11-9-10-27-36(34)43(56)50(42(27)55)32-13-15-35(51)48-40(32)53/h9-12,14,18-22,32,47,57H,6-8,13,15-17H2,1-5H3,(H,46,52)(H,48,51,53). The normalized spacial score (nSPS) is 15.4. The molecule has 0 aliphatic carbocycles. The van der Waals surface area contributed by atoms with Gasteiger partial charge in [0.15, 0.2) is 0 Å². The minimum absolute atomic E-state index is 0.0211. The third-order valence-electron chi connectivity index (χ3n) is 10.6. The minimum atomic E-state index is -1.22. The number of carbonyl (C=O) groups is 5. The molecule has 0 bridgehead atoms. The lowest BCUT2D eigenvalue weighted by atomic mass is 9.93. The van der Waals surface area contributed by atoms with Gasteiger partial charge in [0.25, 0.3) is 23.3 Å². The van der Waals surface area contributed by atoms with Crippen molar-refractivity contribution in [1.82, 2.24) is 25.1 Å². The van der Waals surface area contributed by atoms with Gasteiger partial charge in [-0.15, -0.1) is 0 Å². The van der Waals surface area contributed by atoms with Crippen LogP contribution in [-0.4, -0.2) is 68.3 Å². The number of rotatable bonds is 13. The Balaban J connectivity index is 1.01. The van der Waals surface area contributed by atoms with Crippen LogP contribution in [0.5, 0.6) is 17.2 Å². The van der Waals surface area contributed by atoms with E-state index in [0.29, 0.717) is 70.6 Å². The van der Waals surface area contributed by atoms with Gasteiger partial charge >= 0.3 is 0 Å². The second-order valence-electron chi connectivity index (χ2n) is 15.5. The second-order valence-corrected chi connectivity index (χ2v) is 15.5. The number of amides is 5. The van der Waals surface area contributed by atoms with Gasteiger partial charge in [-0.3, -0.25) is 39.0 Å². The second kappa shape index (κ2) is 16.0. The summed E-state index contributed by atoms with van der Waals surface area (Å²) in [6, 6.07) is 13.1. The van der Waals surface area contributed by atoms with Crippen LogP contribution >= 0.6 is 0 Å². The summed E-state index contributed by atoms with van der Waals surface area (Å²) in [5.74, 6) is -2.12. The van der Waals surface area contributed by atoms with E-state index >= 15 is 0 Å². The van der Waals surface area contributed by atoms with E-state index < -0.39 is 41.2 Å². The first-order chi connectivity index (χ1) is 28.0. The number of unbranched alkanes of at least 4 members (excludes halogenated alkanes) is 2. The van der Waals surface area contributed by atoms with Gasteiger partial charge in [0.2, 0.25) is 11.8 Å². The fourth-order valence-corrected chi connectivity index (χ4v) is 7.53. The summed E-state index contributed by atoms with van der Waals surface area (Å²) in [6.07, 6.45) is 3.51. The van der Waals surface area contributed by atoms with Gasteiger partial charge in [-0.2, -0.15) is 0 Å². The molecule has 1 atom stereocenters. The van der Waals surface area contributed by atoms with Gasteiger partial charge < -0.3 is 29.4 Å². The van der Waals surface area contributed by atoms with Crippen molar-refractivity contribution < 1.29 is 42.9 Å². The topological polar surface area (TPSA) is 189 Å². The first-order valence-electron chi connectivity index (χ1n) is 19.3. The molecule has 3 aromatic carbocycles. The van der Waals surface area contributed by atoms with Crippen LogP contribution in [0.1, 0.15) is 93.8 Å². The lowest BCUT2D eigenvalue weighted by molar-refractivity contribution is -0.136. The van der Waals surface area contributed by atoms with Crippen LogP contribution in [0.2, 0.25) is 0 Å². The summed E-state index contributed by atoms with van der Waals surface area (Å²) in [7, 11) is 1.61. The highest BCUT2D eigenvalue weighted by Gasteiger charge is 2.46. The van der Waals surface area contributed by atoms with E-state index in [0.717, 1.165) is 4.90 Å². The van der Waals surface area contributed by atoms with Crippen LogP contribution in [0.15, 0.2) is 65.6 Å². The maximum Gasteiger partial charge on any atom is 0.267 e. The molecule has 2 aliphatic heterocycles. The Kier molecular flexibility index (Phi) is 11.0. The number of aromatic amines is 1. The molecule has 2 aromatic heterocycles. The minimum Gasteiger partial charge on any atom is -0.493 e. The monoisotopic (exact) mass is 805 g/mol. The van der Waals surface area contributed by atoms with Gasteiger partial charge in [0.05, 0.1) is 34.2 Å². The molecule has 14 nitrogen and oxygen atoms in total. The van der Waals surface area contributed by atoms with Crippen LogP contribution in [0, 0.1) is 19.7 Å². The van der Waals surface area contributed by atoms with Crippen molar-refractivity contribution in [1.29, 1.82) is 0 Å². The zero-order valence-electron chi connectivity index (χ0n) is 33.3. The Morgan fingerprint density at radius 3 is 2.39 bits per heavy atom. The molecule has 4 N–H and O–H groups in total. The number of fused-ring (bicyclic) bond motifs is 2. The molecule has 306 valence electrons. The molecular weight excluding hydrogens is 762 g/mol. The molecule has 1 unspecified atom stereocenters. The molecule has 59 heavy (non-hydrogen) atoms. The van der Waals surface area contributed by atoms with Crippen molar-refractivity contribution in [3.8, 4) is 28.4 Å². The fourth-order valence-electron chi connectivity index (χ4n) is 7.53. The average Bonchev–Trinajstić information content (AvgIpc) is 3.73. The van der Waals surface area contributed by atoms with E-state index in [1.807, 2.05) is 0 Å². The van der Waals surface area contributed by atoms with Gasteiger partial charge in [-0.05, 0) is 113 Å². The molecule has 0 saturated carbocycles. The number of piperidine rings is 1. The number of halogens is 1. The number of H-pyrrole nitrogens is 1. The highest BCUT2D eigenvalue weighted by Crippen LogP contribution is 2.41. The molecule has 4 heterocycles. The first-order valence-corrected chi connectivity index (χ1v) is 19.3. The van der Waals surface area contributed by atoms with E-state index in [4.69, 9.17) is 9.47 Å². The number of pyridine rings is 1. The third kappa shape index (κ3) is 7.97. The average molecular weight is 806 g/mol. The van der Waals surface area contributed by atoms with Crippen molar-refractivity contribution in [2.45, 2.75) is 71.4 Å². The first kappa shape index (κ1) is 40.6. The van der Waals surface area contributed by atoms with Crippen LogP contribution in [0.3, 0.4) is 0 Å². The number of hydrogen-bond acceptors (Lipinski definition) is 9. The summed E-state index contributed by atoms with van der Waals surface area (Å²) < 4.78 is 27.9. The largest absolute Gasteiger partial charge is 0.493 e. The summed E-state index contributed by atoms with van der Waals surface area (Å²) >= 11 is 0. The van der Waals surface area contributed by atoms with Crippen molar-refractivity contribution in [2.24, 2.45) is 7.05 Å². The fraction of sp³-hybridized carbons (Fsp3) is 0.318. The van der Waals surface area contributed by atoms with Crippen LogP contribution < -0.4 is 25.7 Å². The van der Waals surface area contributed by atoms with Gasteiger partial charge in [-0.1, -0.05) is 12.1 Å². The molecule has 15 heteroatoms. The predicted octanol–water partition coefficient (Wildman–Crippen LogP) is 5.69. The molecule has 1 fully saturated rings. The maximum absolute atomic E-state index is 14.1. The number of ether oxygens (including phenoxy) is 2. The van der Waals surface area contributed by atoms with E-state index in [-0.39, 0.29) is 58.8 Å². The number of carbonyl (C=O) groups excluding carboxylic acids is 5. The van der Waals surface area contributed by atoms with Crippen LogP contribution in [0.4, 0.5) is 4.39 Å². The zero-order chi connectivity index (χ0) is 42.3. The molecule has 2 aliphatic rings. The Bertz CT molecular complexity index is 2600. The lowest BCUT2D eigenvalue weighted by Gasteiger charge is -2.27. The Morgan fingerprint density at radius 2 is 1.68 bits per heavy atom. The van der Waals surface area contributed by atoms with Gasteiger partial charge in [-0.25, -0.2) is 4.39 Å². The number of imide groups is 2. The smallest absolute Gasteiger partial charge is 0.267 e. The summed E-state index contributed by atoms with van der Waals surface area (Å²) in [5, 5.41) is 16.3. The van der Waals surface area contributed by atoms with Crippen molar-refractivity contribution in [2.75, 3.05) is 13.2 Å². The number of aryl methyl sites for hydroxylation is 3. The molecule has 1 saturated heterocycles. The summed E-state index contributed by atoms with van der Waals surface area (Å²) in [6.45, 7) is 7.33. The van der Waals surface area contributed by atoms with E-state index in [1.54, 1.807) is 71.3 Å². The van der Waals surface area contributed by atoms with E-state index in [2.05, 4.69) is 15.6 Å². The number of aromatic nitrogens is 2. The Hall–Kier alpha value is -6.61. The van der Waals surface area contributed by atoms with Crippen molar-refractivity contribution >= 4 is 40.4 Å². The number of nitrogens with zero attached hydrogens (tertiary/aromatic N) is 2.